The zero-order valence-electron chi connectivity index (χ0n) is 17.7. The summed E-state index contributed by atoms with van der Waals surface area (Å²) in [7, 11) is 0. The first-order valence-corrected chi connectivity index (χ1v) is 11.5. The Kier molecular flexibility index (Phi) is 4.57. The molecule has 31 heavy (non-hydrogen) atoms. The first-order chi connectivity index (χ1) is 15.3. The number of rotatable bonds is 3. The van der Waals surface area contributed by atoms with Crippen LogP contribution in [0.4, 0.5) is 0 Å². The van der Waals surface area contributed by atoms with Gasteiger partial charge in [-0.2, -0.15) is 0 Å². The lowest BCUT2D eigenvalue weighted by Gasteiger charge is -2.24. The maximum Gasteiger partial charge on any atom is 0.0940 e. The Labute approximate surface area is 183 Å². The first-order valence-electron chi connectivity index (χ1n) is 11.5. The van der Waals surface area contributed by atoms with Gasteiger partial charge in [0.1, 0.15) is 0 Å². The van der Waals surface area contributed by atoms with Crippen LogP contribution in [0.2, 0.25) is 0 Å². The van der Waals surface area contributed by atoms with Crippen molar-refractivity contribution >= 4 is 0 Å². The van der Waals surface area contributed by atoms with Crippen LogP contribution < -0.4 is 0 Å². The third-order valence-corrected chi connectivity index (χ3v) is 7.19. The van der Waals surface area contributed by atoms with Gasteiger partial charge in [-0.25, -0.2) is 0 Å². The molecule has 2 atom stereocenters. The highest BCUT2D eigenvalue weighted by molar-refractivity contribution is 5.75. The Morgan fingerprint density at radius 3 is 2.16 bits per heavy atom. The summed E-state index contributed by atoms with van der Waals surface area (Å²) in [4.78, 5) is 7.40. The molecule has 3 heteroatoms. The van der Waals surface area contributed by atoms with Gasteiger partial charge in [-0.1, -0.05) is 60.7 Å². The molecule has 4 aromatic rings. The number of fused-ring (bicyclic) bond motifs is 2. The van der Waals surface area contributed by atoms with E-state index in [0.717, 1.165) is 37.8 Å². The van der Waals surface area contributed by atoms with Crippen molar-refractivity contribution in [2.24, 2.45) is 0 Å². The van der Waals surface area contributed by atoms with Gasteiger partial charge in [-0.05, 0) is 60.8 Å². The van der Waals surface area contributed by atoms with Gasteiger partial charge in [-0.3, -0.25) is 0 Å². The highest BCUT2D eigenvalue weighted by Gasteiger charge is 2.33. The van der Waals surface area contributed by atoms with Crippen LogP contribution in [0.15, 0.2) is 66.9 Å². The molecule has 0 aliphatic heterocycles. The average Bonchev–Trinajstić information content (AvgIpc) is 3.43. The number of nitrogens with one attached hydrogen (secondary N) is 2. The first kappa shape index (κ1) is 18.7. The number of aliphatic hydroxyl groups is 1. The number of benzene rings is 2. The van der Waals surface area contributed by atoms with Crippen LogP contribution in [0, 0.1) is 0 Å². The second kappa shape index (κ2) is 7.58. The second-order valence-corrected chi connectivity index (χ2v) is 8.99. The SMILES string of the molecule is OC1CCCc2c1[nH]c(C1CCCc3c(-c4ccccc4)c[nH]c31)c2-c1ccccc1. The summed E-state index contributed by atoms with van der Waals surface area (Å²) in [5.41, 5.74) is 11.6. The molecule has 0 bridgehead atoms. The van der Waals surface area contributed by atoms with E-state index in [9.17, 15) is 5.11 Å². The fourth-order valence-corrected chi connectivity index (χ4v) is 5.78. The molecule has 0 spiro atoms. The highest BCUT2D eigenvalue weighted by Crippen LogP contribution is 2.47. The summed E-state index contributed by atoms with van der Waals surface area (Å²) < 4.78 is 0. The molecule has 6 rings (SSSR count). The molecule has 2 aliphatic carbocycles. The van der Waals surface area contributed by atoms with Gasteiger partial charge < -0.3 is 15.1 Å². The molecule has 2 aromatic heterocycles. The van der Waals surface area contributed by atoms with E-state index in [2.05, 4.69) is 76.8 Å². The summed E-state index contributed by atoms with van der Waals surface area (Å²) in [6.45, 7) is 0. The molecule has 0 radical (unpaired) electrons. The minimum Gasteiger partial charge on any atom is -0.387 e. The molecule has 2 aliphatic rings. The fraction of sp³-hybridized carbons (Fsp3) is 0.286. The van der Waals surface area contributed by atoms with Gasteiger partial charge in [0.05, 0.1) is 6.10 Å². The Morgan fingerprint density at radius 2 is 1.39 bits per heavy atom. The van der Waals surface area contributed by atoms with Crippen molar-refractivity contribution in [1.82, 2.24) is 9.97 Å². The highest BCUT2D eigenvalue weighted by atomic mass is 16.3. The molecule has 2 heterocycles. The second-order valence-electron chi connectivity index (χ2n) is 8.99. The number of aromatic amines is 2. The Bertz CT molecular complexity index is 1200. The summed E-state index contributed by atoms with van der Waals surface area (Å²) >= 11 is 0. The van der Waals surface area contributed by atoms with Crippen LogP contribution in [0.25, 0.3) is 22.3 Å². The van der Waals surface area contributed by atoms with Gasteiger partial charge in [0.2, 0.25) is 0 Å². The van der Waals surface area contributed by atoms with E-state index in [1.165, 1.54) is 51.2 Å². The minimum absolute atomic E-state index is 0.300. The minimum atomic E-state index is -0.383. The number of H-pyrrole nitrogens is 2. The van der Waals surface area contributed by atoms with Crippen molar-refractivity contribution in [1.29, 1.82) is 0 Å². The van der Waals surface area contributed by atoms with Crippen molar-refractivity contribution in [3.8, 4) is 22.3 Å². The summed E-state index contributed by atoms with van der Waals surface area (Å²) in [6, 6.07) is 21.4. The number of hydrogen-bond donors (Lipinski definition) is 3. The van der Waals surface area contributed by atoms with Crippen LogP contribution in [0.5, 0.6) is 0 Å². The lowest BCUT2D eigenvalue weighted by atomic mass is 9.80. The molecule has 0 amide bonds. The maximum atomic E-state index is 10.8. The molecule has 3 nitrogen and oxygen atoms in total. The van der Waals surface area contributed by atoms with Gasteiger partial charge in [0, 0.05) is 40.3 Å². The predicted octanol–water partition coefficient (Wildman–Crippen LogP) is 6.51. The lowest BCUT2D eigenvalue weighted by Crippen LogP contribution is -2.12. The van der Waals surface area contributed by atoms with E-state index in [4.69, 9.17) is 0 Å². The van der Waals surface area contributed by atoms with Crippen LogP contribution in [0.3, 0.4) is 0 Å². The van der Waals surface area contributed by atoms with Gasteiger partial charge in [-0.15, -0.1) is 0 Å². The van der Waals surface area contributed by atoms with Crippen molar-refractivity contribution in [2.75, 3.05) is 0 Å². The van der Waals surface area contributed by atoms with Crippen molar-refractivity contribution in [2.45, 2.75) is 50.5 Å². The smallest absolute Gasteiger partial charge is 0.0940 e. The molecular formula is C28H28N2O. The lowest BCUT2D eigenvalue weighted by molar-refractivity contribution is 0.152. The van der Waals surface area contributed by atoms with E-state index in [1.54, 1.807) is 0 Å². The molecule has 0 saturated carbocycles. The van der Waals surface area contributed by atoms with Gasteiger partial charge in [0.15, 0.2) is 0 Å². The largest absolute Gasteiger partial charge is 0.387 e. The number of aliphatic hydroxyl groups excluding tert-OH is 1. The molecule has 156 valence electrons. The molecule has 3 N–H and O–H groups in total. The third kappa shape index (κ3) is 3.07. The van der Waals surface area contributed by atoms with E-state index < -0.39 is 0 Å². The van der Waals surface area contributed by atoms with Gasteiger partial charge in [0.25, 0.3) is 0 Å². The van der Waals surface area contributed by atoms with E-state index in [-0.39, 0.29) is 6.10 Å². The average molecular weight is 409 g/mol. The van der Waals surface area contributed by atoms with Crippen molar-refractivity contribution in [3.05, 3.63) is 95.1 Å². The van der Waals surface area contributed by atoms with Crippen LogP contribution in [0.1, 0.15) is 65.9 Å². The predicted molar refractivity (Wildman–Crippen MR) is 125 cm³/mol. The zero-order chi connectivity index (χ0) is 20.8. The Hall–Kier alpha value is -3.04. The topological polar surface area (TPSA) is 51.8 Å². The summed E-state index contributed by atoms with van der Waals surface area (Å²) in [5.74, 6) is 0.300. The van der Waals surface area contributed by atoms with E-state index >= 15 is 0 Å². The number of aromatic nitrogens is 2. The van der Waals surface area contributed by atoms with Crippen LogP contribution in [-0.2, 0) is 12.8 Å². The van der Waals surface area contributed by atoms with Crippen LogP contribution in [-0.4, -0.2) is 15.1 Å². The van der Waals surface area contributed by atoms with Crippen molar-refractivity contribution < 1.29 is 5.11 Å². The molecule has 0 saturated heterocycles. The van der Waals surface area contributed by atoms with E-state index in [1.807, 2.05) is 0 Å². The molecule has 2 aromatic carbocycles. The zero-order valence-corrected chi connectivity index (χ0v) is 17.7. The van der Waals surface area contributed by atoms with Gasteiger partial charge >= 0.3 is 0 Å². The quantitative estimate of drug-likeness (QED) is 0.355. The standard InChI is InChI=1S/C28H28N2O/c31-24-16-8-14-21-25(19-11-5-2-6-12-19)28(30-27(21)24)22-15-7-13-20-23(17-29-26(20)22)18-9-3-1-4-10-18/h1-6,9-12,17,22,24,29-31H,7-8,13-16H2. The van der Waals surface area contributed by atoms with Crippen molar-refractivity contribution in [3.63, 3.8) is 0 Å². The molecule has 0 fully saturated rings. The summed E-state index contributed by atoms with van der Waals surface area (Å²) in [5, 5.41) is 10.8. The monoisotopic (exact) mass is 408 g/mol. The third-order valence-electron chi connectivity index (χ3n) is 7.19. The number of hydrogen-bond acceptors (Lipinski definition) is 1. The van der Waals surface area contributed by atoms with Crippen LogP contribution >= 0.6 is 0 Å². The van der Waals surface area contributed by atoms with E-state index in [0.29, 0.717) is 5.92 Å². The molecule has 2 unspecified atom stereocenters. The Morgan fingerprint density at radius 1 is 0.710 bits per heavy atom. The molecular weight excluding hydrogens is 380 g/mol. The summed E-state index contributed by atoms with van der Waals surface area (Å²) in [6.07, 6.45) is 8.15. The Balaban J connectivity index is 1.52. The fourth-order valence-electron chi connectivity index (χ4n) is 5.78. The maximum absolute atomic E-state index is 10.8. The normalized spacial score (nSPS) is 20.3.